The number of hydrogen-bond acceptors (Lipinski definition) is 3. The van der Waals surface area contributed by atoms with E-state index in [4.69, 9.17) is 10.5 Å². The van der Waals surface area contributed by atoms with Gasteiger partial charge in [0.05, 0.1) is 12.4 Å². The lowest BCUT2D eigenvalue weighted by atomic mass is 10.0. The van der Waals surface area contributed by atoms with Gasteiger partial charge in [-0.2, -0.15) is 5.10 Å². The first-order valence-corrected chi connectivity index (χ1v) is 5.71. The van der Waals surface area contributed by atoms with Crippen LogP contribution in [0.25, 0.3) is 0 Å². The van der Waals surface area contributed by atoms with E-state index >= 15 is 0 Å². The topological polar surface area (TPSA) is 53.1 Å². The Balaban J connectivity index is 2.26. The third-order valence-corrected chi connectivity index (χ3v) is 2.67. The van der Waals surface area contributed by atoms with Gasteiger partial charge < -0.3 is 10.5 Å². The summed E-state index contributed by atoms with van der Waals surface area (Å²) in [5.74, 6) is 1.53. The van der Waals surface area contributed by atoms with E-state index in [1.807, 2.05) is 37.5 Å². The average molecular weight is 231 g/mol. The molecule has 0 aliphatic carbocycles. The van der Waals surface area contributed by atoms with Crippen LogP contribution in [0, 0.1) is 0 Å². The molecule has 4 heteroatoms. The molecule has 90 valence electrons. The van der Waals surface area contributed by atoms with E-state index in [0.29, 0.717) is 0 Å². The SMILES string of the molecule is CCC(N)c1ccccc1Oc1cnn(C)c1. The molecule has 0 saturated heterocycles. The number of benzene rings is 1. The summed E-state index contributed by atoms with van der Waals surface area (Å²) in [4.78, 5) is 0. The van der Waals surface area contributed by atoms with Gasteiger partial charge in [-0.05, 0) is 12.5 Å². The average Bonchev–Trinajstić information content (AvgIpc) is 2.74. The van der Waals surface area contributed by atoms with Gasteiger partial charge in [-0.25, -0.2) is 0 Å². The smallest absolute Gasteiger partial charge is 0.165 e. The van der Waals surface area contributed by atoms with E-state index in [9.17, 15) is 0 Å². The van der Waals surface area contributed by atoms with Crippen LogP contribution in [0.5, 0.6) is 11.5 Å². The van der Waals surface area contributed by atoms with Crippen LogP contribution in [0.15, 0.2) is 36.7 Å². The summed E-state index contributed by atoms with van der Waals surface area (Å²) in [5, 5.41) is 4.07. The van der Waals surface area contributed by atoms with Gasteiger partial charge in [0.25, 0.3) is 0 Å². The molecule has 2 N–H and O–H groups in total. The van der Waals surface area contributed by atoms with Crippen molar-refractivity contribution in [3.63, 3.8) is 0 Å². The van der Waals surface area contributed by atoms with Gasteiger partial charge in [0, 0.05) is 18.7 Å². The molecule has 2 aromatic rings. The van der Waals surface area contributed by atoms with Crippen molar-refractivity contribution in [2.24, 2.45) is 12.8 Å². The van der Waals surface area contributed by atoms with Crippen LogP contribution in [0.2, 0.25) is 0 Å². The lowest BCUT2D eigenvalue weighted by molar-refractivity contribution is 0.468. The highest BCUT2D eigenvalue weighted by molar-refractivity contribution is 5.38. The monoisotopic (exact) mass is 231 g/mol. The van der Waals surface area contributed by atoms with Gasteiger partial charge in [0.1, 0.15) is 5.75 Å². The first-order chi connectivity index (χ1) is 8.20. The van der Waals surface area contributed by atoms with Gasteiger partial charge in [-0.3, -0.25) is 4.68 Å². The Morgan fingerprint density at radius 1 is 1.41 bits per heavy atom. The largest absolute Gasteiger partial charge is 0.454 e. The van der Waals surface area contributed by atoms with Gasteiger partial charge in [0.15, 0.2) is 5.75 Å². The van der Waals surface area contributed by atoms with Gasteiger partial charge >= 0.3 is 0 Å². The molecule has 4 nitrogen and oxygen atoms in total. The third-order valence-electron chi connectivity index (χ3n) is 2.67. The molecule has 1 unspecified atom stereocenters. The summed E-state index contributed by atoms with van der Waals surface area (Å²) in [6.45, 7) is 2.06. The molecule has 0 aliphatic heterocycles. The molecular weight excluding hydrogens is 214 g/mol. The number of para-hydroxylation sites is 1. The molecule has 1 heterocycles. The molecule has 0 spiro atoms. The minimum absolute atomic E-state index is 0.00266. The molecule has 0 saturated carbocycles. The Kier molecular flexibility index (Phi) is 3.44. The standard InChI is InChI=1S/C13H17N3O/c1-3-12(14)11-6-4-5-7-13(11)17-10-8-15-16(2)9-10/h4-9,12H,3,14H2,1-2H3. The molecule has 0 aliphatic rings. The maximum atomic E-state index is 6.05. The first kappa shape index (κ1) is 11.7. The highest BCUT2D eigenvalue weighted by Gasteiger charge is 2.10. The zero-order valence-corrected chi connectivity index (χ0v) is 10.1. The summed E-state index contributed by atoms with van der Waals surface area (Å²) in [6.07, 6.45) is 4.40. The molecule has 0 fully saturated rings. The third kappa shape index (κ3) is 2.65. The second kappa shape index (κ2) is 5.01. The predicted octanol–water partition coefficient (Wildman–Crippen LogP) is 2.62. The van der Waals surface area contributed by atoms with Crippen molar-refractivity contribution in [2.45, 2.75) is 19.4 Å². The van der Waals surface area contributed by atoms with Crippen LogP contribution in [0.3, 0.4) is 0 Å². The number of aryl methyl sites for hydroxylation is 1. The van der Waals surface area contributed by atoms with E-state index in [1.165, 1.54) is 0 Å². The van der Waals surface area contributed by atoms with Crippen LogP contribution in [-0.4, -0.2) is 9.78 Å². The second-order valence-corrected chi connectivity index (χ2v) is 4.00. The summed E-state index contributed by atoms with van der Waals surface area (Å²) in [5.41, 5.74) is 7.08. The zero-order valence-electron chi connectivity index (χ0n) is 10.1. The molecule has 0 amide bonds. The van der Waals surface area contributed by atoms with Crippen LogP contribution < -0.4 is 10.5 Å². The fourth-order valence-electron chi connectivity index (χ4n) is 1.68. The molecule has 0 bridgehead atoms. The Labute approximate surface area is 101 Å². The van der Waals surface area contributed by atoms with Crippen LogP contribution in [0.4, 0.5) is 0 Å². The maximum Gasteiger partial charge on any atom is 0.165 e. The molecule has 1 atom stereocenters. The number of nitrogens with zero attached hydrogens (tertiary/aromatic N) is 2. The lowest BCUT2D eigenvalue weighted by Gasteiger charge is -2.14. The van der Waals surface area contributed by atoms with Crippen molar-refractivity contribution in [2.75, 3.05) is 0 Å². The molecule has 1 aromatic carbocycles. The van der Waals surface area contributed by atoms with Gasteiger partial charge in [-0.1, -0.05) is 25.1 Å². The van der Waals surface area contributed by atoms with Crippen LogP contribution >= 0.6 is 0 Å². The van der Waals surface area contributed by atoms with E-state index in [-0.39, 0.29) is 6.04 Å². The molecule has 17 heavy (non-hydrogen) atoms. The summed E-state index contributed by atoms with van der Waals surface area (Å²) < 4.78 is 7.50. The summed E-state index contributed by atoms with van der Waals surface area (Å²) in [6, 6.07) is 7.85. The normalized spacial score (nSPS) is 12.4. The Bertz CT molecular complexity index is 493. The quantitative estimate of drug-likeness (QED) is 0.880. The van der Waals surface area contributed by atoms with E-state index in [0.717, 1.165) is 23.5 Å². The van der Waals surface area contributed by atoms with Gasteiger partial charge in [0.2, 0.25) is 0 Å². The lowest BCUT2D eigenvalue weighted by Crippen LogP contribution is -2.09. The van der Waals surface area contributed by atoms with Crippen molar-refractivity contribution in [3.05, 3.63) is 42.2 Å². The fraction of sp³-hybridized carbons (Fsp3) is 0.308. The molecule has 1 aromatic heterocycles. The fourth-order valence-corrected chi connectivity index (χ4v) is 1.68. The van der Waals surface area contributed by atoms with Crippen LogP contribution in [0.1, 0.15) is 24.9 Å². The number of nitrogens with two attached hydrogens (primary N) is 1. The Morgan fingerprint density at radius 2 is 2.18 bits per heavy atom. The van der Waals surface area contributed by atoms with E-state index < -0.39 is 0 Å². The van der Waals surface area contributed by atoms with Crippen molar-refractivity contribution in [1.29, 1.82) is 0 Å². The highest BCUT2D eigenvalue weighted by atomic mass is 16.5. The number of aromatic nitrogens is 2. The Hall–Kier alpha value is -1.81. The van der Waals surface area contributed by atoms with Crippen LogP contribution in [-0.2, 0) is 7.05 Å². The maximum absolute atomic E-state index is 6.05. The van der Waals surface area contributed by atoms with Crippen molar-refractivity contribution in [3.8, 4) is 11.5 Å². The minimum Gasteiger partial charge on any atom is -0.454 e. The summed E-state index contributed by atoms with van der Waals surface area (Å²) >= 11 is 0. The Morgan fingerprint density at radius 3 is 2.82 bits per heavy atom. The highest BCUT2D eigenvalue weighted by Crippen LogP contribution is 2.29. The number of ether oxygens (including phenoxy) is 1. The van der Waals surface area contributed by atoms with E-state index in [2.05, 4.69) is 12.0 Å². The second-order valence-electron chi connectivity index (χ2n) is 4.00. The molecular formula is C13H17N3O. The zero-order chi connectivity index (χ0) is 12.3. The molecule has 0 radical (unpaired) electrons. The number of hydrogen-bond donors (Lipinski definition) is 1. The van der Waals surface area contributed by atoms with Gasteiger partial charge in [-0.15, -0.1) is 0 Å². The van der Waals surface area contributed by atoms with Crippen molar-refractivity contribution >= 4 is 0 Å². The first-order valence-electron chi connectivity index (χ1n) is 5.71. The number of rotatable bonds is 4. The predicted molar refractivity (Wildman–Crippen MR) is 66.9 cm³/mol. The van der Waals surface area contributed by atoms with Crippen molar-refractivity contribution in [1.82, 2.24) is 9.78 Å². The minimum atomic E-state index is 0.00266. The van der Waals surface area contributed by atoms with Crippen molar-refractivity contribution < 1.29 is 4.74 Å². The van der Waals surface area contributed by atoms with E-state index in [1.54, 1.807) is 10.9 Å². The molecule has 2 rings (SSSR count). The summed E-state index contributed by atoms with van der Waals surface area (Å²) in [7, 11) is 1.86.